The van der Waals surface area contributed by atoms with Crippen LogP contribution in [0.4, 0.5) is 5.69 Å². The van der Waals surface area contributed by atoms with Crippen molar-refractivity contribution >= 4 is 23.2 Å². The number of nitrogens with one attached hydrogen (secondary N) is 2. The number of hydrogen-bond acceptors (Lipinski definition) is 4. The Balaban J connectivity index is 1.83. The Morgan fingerprint density at radius 3 is 2.71 bits per heavy atom. The van der Waals surface area contributed by atoms with Crippen molar-refractivity contribution in [1.82, 2.24) is 5.32 Å². The first-order valence-corrected chi connectivity index (χ1v) is 6.93. The molecule has 0 aromatic heterocycles. The van der Waals surface area contributed by atoms with Crippen molar-refractivity contribution in [2.75, 3.05) is 11.9 Å². The number of anilines is 1. The molecule has 21 heavy (non-hydrogen) atoms. The topological polar surface area (TPSA) is 79.8 Å². The molecule has 2 rings (SSSR count). The number of carbonyl (C=O) groups excluding carboxylic acids is 2. The van der Waals surface area contributed by atoms with Crippen LogP contribution in [0.25, 0.3) is 0 Å². The molecule has 0 radical (unpaired) electrons. The number of benzene rings is 1. The summed E-state index contributed by atoms with van der Waals surface area (Å²) in [7, 11) is 0. The second-order valence-corrected chi connectivity index (χ2v) is 5.30. The molecule has 1 aliphatic rings. The zero-order chi connectivity index (χ0) is 15.2. The number of para-hydroxylation sites is 1. The molecule has 2 amide bonds. The van der Waals surface area contributed by atoms with Crippen LogP contribution in [0.5, 0.6) is 0 Å². The molecule has 112 valence electrons. The summed E-state index contributed by atoms with van der Waals surface area (Å²) < 4.78 is 0. The molecule has 1 aromatic carbocycles. The Morgan fingerprint density at radius 2 is 2.05 bits per heavy atom. The van der Waals surface area contributed by atoms with Crippen LogP contribution in [-0.4, -0.2) is 30.2 Å². The maximum atomic E-state index is 12.0. The number of rotatable bonds is 5. The van der Waals surface area contributed by atoms with Gasteiger partial charge in [-0.2, -0.15) is 0 Å². The average molecular weight is 289 g/mol. The van der Waals surface area contributed by atoms with E-state index >= 15 is 0 Å². The molecule has 2 N–H and O–H groups in total. The van der Waals surface area contributed by atoms with Crippen molar-refractivity contribution < 1.29 is 14.4 Å². The Hall–Kier alpha value is -2.37. The fourth-order valence-electron chi connectivity index (χ4n) is 1.80. The quantitative estimate of drug-likeness (QED) is 0.863. The minimum atomic E-state index is -0.759. The fraction of sp³-hybridized carbons (Fsp3) is 0.400. The van der Waals surface area contributed by atoms with Crippen LogP contribution < -0.4 is 10.6 Å². The van der Waals surface area contributed by atoms with E-state index in [1.165, 1.54) is 0 Å². The van der Waals surface area contributed by atoms with Gasteiger partial charge < -0.3 is 15.5 Å². The molecule has 0 fully saturated rings. The Morgan fingerprint density at radius 1 is 1.33 bits per heavy atom. The van der Waals surface area contributed by atoms with Gasteiger partial charge in [0.05, 0.1) is 0 Å². The highest BCUT2D eigenvalue weighted by molar-refractivity contribution is 6.39. The van der Waals surface area contributed by atoms with E-state index in [-0.39, 0.29) is 23.9 Å². The fourth-order valence-corrected chi connectivity index (χ4v) is 1.80. The molecule has 0 bridgehead atoms. The lowest BCUT2D eigenvalue weighted by molar-refractivity contribution is -0.125. The first kappa shape index (κ1) is 15.0. The second kappa shape index (κ2) is 6.88. The molecule has 1 aromatic rings. The Labute approximate surface area is 123 Å². The predicted octanol–water partition coefficient (Wildman–Crippen LogP) is 1.54. The molecule has 1 atom stereocenters. The van der Waals surface area contributed by atoms with Crippen LogP contribution in [0.3, 0.4) is 0 Å². The van der Waals surface area contributed by atoms with E-state index < -0.39 is 6.10 Å². The third-order valence-electron chi connectivity index (χ3n) is 2.94. The summed E-state index contributed by atoms with van der Waals surface area (Å²) in [5.41, 5.74) is 0.938. The Kier molecular flexibility index (Phi) is 4.92. The predicted molar refractivity (Wildman–Crippen MR) is 79.8 cm³/mol. The third kappa shape index (κ3) is 4.30. The van der Waals surface area contributed by atoms with Gasteiger partial charge in [-0.1, -0.05) is 37.2 Å². The van der Waals surface area contributed by atoms with Crippen molar-refractivity contribution in [2.45, 2.75) is 26.4 Å². The summed E-state index contributed by atoms with van der Waals surface area (Å²) in [5, 5.41) is 9.18. The third-order valence-corrected chi connectivity index (χ3v) is 2.94. The van der Waals surface area contributed by atoms with Gasteiger partial charge in [-0.05, 0) is 18.1 Å². The lowest BCUT2D eigenvalue weighted by atomic mass is 10.1. The van der Waals surface area contributed by atoms with Crippen molar-refractivity contribution in [3.63, 3.8) is 0 Å². The minimum Gasteiger partial charge on any atom is -0.382 e. The largest absolute Gasteiger partial charge is 0.382 e. The van der Waals surface area contributed by atoms with Crippen molar-refractivity contribution in [2.24, 2.45) is 11.1 Å². The van der Waals surface area contributed by atoms with E-state index in [9.17, 15) is 9.59 Å². The zero-order valence-electron chi connectivity index (χ0n) is 12.1. The molecule has 1 aliphatic heterocycles. The molecule has 1 unspecified atom stereocenters. The molecule has 0 saturated carbocycles. The minimum absolute atomic E-state index is 0.183. The van der Waals surface area contributed by atoms with Gasteiger partial charge in [-0.15, -0.1) is 0 Å². The van der Waals surface area contributed by atoms with E-state index in [4.69, 9.17) is 4.84 Å². The number of hydrogen-bond donors (Lipinski definition) is 2. The monoisotopic (exact) mass is 289 g/mol. The maximum Gasteiger partial charge on any atom is 0.269 e. The lowest BCUT2D eigenvalue weighted by Gasteiger charge is -2.09. The summed E-state index contributed by atoms with van der Waals surface area (Å²) in [5.74, 6) is -0.232. The zero-order valence-corrected chi connectivity index (χ0v) is 12.1. The lowest BCUT2D eigenvalue weighted by Crippen LogP contribution is -2.35. The number of carbonyl (C=O) groups is 2. The van der Waals surface area contributed by atoms with Crippen LogP contribution in [0.15, 0.2) is 35.5 Å². The van der Waals surface area contributed by atoms with Crippen LogP contribution in [0, 0.1) is 5.92 Å². The number of amides is 2. The molecular formula is C15H19N3O3. The van der Waals surface area contributed by atoms with E-state index in [2.05, 4.69) is 15.8 Å². The van der Waals surface area contributed by atoms with E-state index in [1.54, 1.807) is 12.1 Å². The summed E-state index contributed by atoms with van der Waals surface area (Å²) >= 11 is 0. The van der Waals surface area contributed by atoms with Gasteiger partial charge in [-0.3, -0.25) is 9.59 Å². The summed E-state index contributed by atoms with van der Waals surface area (Å²) in [4.78, 5) is 28.9. The number of oxime groups is 1. The van der Waals surface area contributed by atoms with E-state index in [0.29, 0.717) is 18.2 Å². The summed E-state index contributed by atoms with van der Waals surface area (Å²) in [6, 6.07) is 9.08. The van der Waals surface area contributed by atoms with Gasteiger partial charge in [0.2, 0.25) is 6.10 Å². The highest BCUT2D eigenvalue weighted by Gasteiger charge is 2.31. The molecule has 0 aliphatic carbocycles. The smallest absolute Gasteiger partial charge is 0.269 e. The maximum absolute atomic E-state index is 12.0. The highest BCUT2D eigenvalue weighted by atomic mass is 16.6. The van der Waals surface area contributed by atoms with Crippen molar-refractivity contribution in [3.8, 4) is 0 Å². The van der Waals surface area contributed by atoms with Crippen molar-refractivity contribution in [1.29, 1.82) is 0 Å². The van der Waals surface area contributed by atoms with E-state index in [1.807, 2.05) is 32.0 Å². The standard InChI is InChI=1S/C15H19N3O3/c1-10(2)9-16-14(19)12-8-13(21-18-12)15(20)17-11-6-4-3-5-7-11/h3-7,10,13H,8-9H2,1-2H3,(H,16,19)(H,17,20). The van der Waals surface area contributed by atoms with Gasteiger partial charge >= 0.3 is 0 Å². The first-order valence-electron chi connectivity index (χ1n) is 6.93. The van der Waals surface area contributed by atoms with Gasteiger partial charge in [0.15, 0.2) is 0 Å². The van der Waals surface area contributed by atoms with Gasteiger partial charge in [0.25, 0.3) is 11.8 Å². The van der Waals surface area contributed by atoms with E-state index in [0.717, 1.165) is 0 Å². The average Bonchev–Trinajstić information content (AvgIpc) is 2.95. The summed E-state index contributed by atoms with van der Waals surface area (Å²) in [6.45, 7) is 4.57. The molecule has 0 saturated heterocycles. The van der Waals surface area contributed by atoms with Crippen LogP contribution in [0.1, 0.15) is 20.3 Å². The summed E-state index contributed by atoms with van der Waals surface area (Å²) in [6.07, 6.45) is -0.576. The molecular weight excluding hydrogens is 270 g/mol. The molecule has 6 nitrogen and oxygen atoms in total. The van der Waals surface area contributed by atoms with Crippen LogP contribution in [-0.2, 0) is 14.4 Å². The SMILES string of the molecule is CC(C)CNC(=O)C1=NOC(C(=O)Nc2ccccc2)C1. The molecule has 0 spiro atoms. The second-order valence-electron chi connectivity index (χ2n) is 5.30. The molecule has 1 heterocycles. The first-order chi connectivity index (χ1) is 10.1. The van der Waals surface area contributed by atoms with Gasteiger partial charge in [-0.25, -0.2) is 0 Å². The molecule has 6 heteroatoms. The van der Waals surface area contributed by atoms with Crippen molar-refractivity contribution in [3.05, 3.63) is 30.3 Å². The van der Waals surface area contributed by atoms with Gasteiger partial charge in [0, 0.05) is 18.7 Å². The highest BCUT2D eigenvalue weighted by Crippen LogP contribution is 2.14. The Bertz CT molecular complexity index is 540. The normalized spacial score (nSPS) is 17.1. The van der Waals surface area contributed by atoms with Crippen LogP contribution in [0.2, 0.25) is 0 Å². The van der Waals surface area contributed by atoms with Gasteiger partial charge in [0.1, 0.15) is 5.71 Å². The number of nitrogens with zero attached hydrogens (tertiary/aromatic N) is 1. The van der Waals surface area contributed by atoms with Crippen LogP contribution >= 0.6 is 0 Å².